The van der Waals surface area contributed by atoms with Crippen molar-refractivity contribution in [1.82, 2.24) is 9.55 Å². The van der Waals surface area contributed by atoms with Crippen LogP contribution in [0.1, 0.15) is 24.6 Å². The molecule has 0 spiro atoms. The van der Waals surface area contributed by atoms with E-state index in [1.807, 2.05) is 0 Å². The molecule has 2 aliphatic rings. The van der Waals surface area contributed by atoms with Gasteiger partial charge in [-0.1, -0.05) is 0 Å². The number of hydrogen-bond acceptors (Lipinski definition) is 9. The number of imidazole rings is 1. The Morgan fingerprint density at radius 3 is 3.04 bits per heavy atom. The van der Waals surface area contributed by atoms with Gasteiger partial charge in [-0.2, -0.15) is 0 Å². The van der Waals surface area contributed by atoms with Gasteiger partial charge in [0, 0.05) is 6.42 Å². The Morgan fingerprint density at radius 1 is 1.61 bits per heavy atom. The second-order valence-corrected chi connectivity index (χ2v) is 5.20. The van der Waals surface area contributed by atoms with Crippen LogP contribution in [0.3, 0.4) is 0 Å². The number of carbonyl (C=O) groups is 1. The minimum atomic E-state index is -1.13. The van der Waals surface area contributed by atoms with E-state index in [2.05, 4.69) is 15.3 Å². The van der Waals surface area contributed by atoms with Gasteiger partial charge in [0.05, 0.1) is 19.0 Å². The van der Waals surface area contributed by atoms with Gasteiger partial charge in [-0.3, -0.25) is 4.57 Å². The predicted octanol–water partition coefficient (Wildman–Crippen LogP) is -1.64. The molecule has 11 heteroatoms. The fourth-order valence-electron chi connectivity index (χ4n) is 2.56. The van der Waals surface area contributed by atoms with Crippen LogP contribution in [0.25, 0.3) is 0 Å². The number of nitrogens with zero attached hydrogens (tertiary/aromatic N) is 3. The molecule has 0 bridgehead atoms. The van der Waals surface area contributed by atoms with Crippen LogP contribution in [0.4, 0.5) is 5.82 Å². The fraction of sp³-hybridized carbons (Fsp3) is 0.583. The first-order valence-corrected chi connectivity index (χ1v) is 6.94. The van der Waals surface area contributed by atoms with Crippen LogP contribution in [0, 0.1) is 0 Å². The van der Waals surface area contributed by atoms with Crippen LogP contribution in [0.2, 0.25) is 0 Å². The number of hydrogen-bond donors (Lipinski definition) is 5. The first-order chi connectivity index (χ1) is 11.0. The molecule has 4 atom stereocenters. The van der Waals surface area contributed by atoms with Crippen LogP contribution in [-0.2, 0) is 14.3 Å². The molecular formula is C12H17N5O6. The van der Waals surface area contributed by atoms with E-state index in [9.17, 15) is 9.90 Å². The first kappa shape index (κ1) is 15.7. The number of nitrogens with two attached hydrogens (primary N) is 1. The zero-order chi connectivity index (χ0) is 16.6. The maximum atomic E-state index is 10.6. The molecule has 3 rings (SSSR count). The molecule has 1 unspecified atom stereocenters. The average Bonchev–Trinajstić information content (AvgIpc) is 3.07. The maximum absolute atomic E-state index is 10.6. The second kappa shape index (κ2) is 6.12. The largest absolute Gasteiger partial charge is 0.480 e. The lowest BCUT2D eigenvalue weighted by molar-refractivity contribution is -0.144. The summed E-state index contributed by atoms with van der Waals surface area (Å²) in [6, 6.07) is 0. The van der Waals surface area contributed by atoms with Gasteiger partial charge >= 0.3 is 5.97 Å². The molecule has 1 aromatic heterocycles. The Hall–Kier alpha value is -2.21. The lowest BCUT2D eigenvalue weighted by Gasteiger charge is -2.22. The molecule has 0 aromatic carbocycles. The number of aliphatic imine (C=N–C) groups is 1. The zero-order valence-corrected chi connectivity index (χ0v) is 12.0. The van der Waals surface area contributed by atoms with Crippen molar-refractivity contribution in [3.8, 4) is 0 Å². The number of fused-ring (bicyclic) bond motifs is 1. The third-order valence-electron chi connectivity index (χ3n) is 3.62. The first-order valence-electron chi connectivity index (χ1n) is 6.94. The summed E-state index contributed by atoms with van der Waals surface area (Å²) in [6.07, 6.45) is -1.23. The van der Waals surface area contributed by atoms with Gasteiger partial charge in [0.1, 0.15) is 30.5 Å². The number of aliphatic carboxylic acids is 1. The lowest BCUT2D eigenvalue weighted by Crippen LogP contribution is -2.31. The Kier molecular flexibility index (Phi) is 4.17. The predicted molar refractivity (Wildman–Crippen MR) is 75.4 cm³/mol. The highest BCUT2D eigenvalue weighted by atomic mass is 16.5. The zero-order valence-electron chi connectivity index (χ0n) is 12.0. The monoisotopic (exact) mass is 327 g/mol. The van der Waals surface area contributed by atoms with E-state index < -0.39 is 37.2 Å². The van der Waals surface area contributed by atoms with Crippen LogP contribution in [-0.4, -0.2) is 62.2 Å². The van der Waals surface area contributed by atoms with Crippen LogP contribution in [0.15, 0.2) is 11.3 Å². The van der Waals surface area contributed by atoms with Gasteiger partial charge in [0.25, 0.3) is 0 Å². The minimum Gasteiger partial charge on any atom is -0.480 e. The molecule has 6 N–H and O–H groups in total. The molecule has 1 fully saturated rings. The quantitative estimate of drug-likeness (QED) is 0.426. The molecule has 0 amide bonds. The van der Waals surface area contributed by atoms with Gasteiger partial charge in [0.2, 0.25) is 0 Å². The topological polar surface area (TPSA) is 164 Å². The summed E-state index contributed by atoms with van der Waals surface area (Å²) in [4.78, 5) is 18.8. The minimum absolute atomic E-state index is 0.0480. The summed E-state index contributed by atoms with van der Waals surface area (Å²) in [5.74, 6) is -0.637. The number of ether oxygens (including phenoxy) is 2. The number of anilines is 1. The summed E-state index contributed by atoms with van der Waals surface area (Å²) >= 11 is 0. The highest BCUT2D eigenvalue weighted by Gasteiger charge is 2.37. The molecule has 2 aliphatic heterocycles. The molecule has 0 saturated carbocycles. The third kappa shape index (κ3) is 2.99. The number of aromatic nitrogens is 2. The summed E-state index contributed by atoms with van der Waals surface area (Å²) in [7, 11) is 0. The second-order valence-electron chi connectivity index (χ2n) is 5.20. The summed E-state index contributed by atoms with van der Waals surface area (Å²) in [6.45, 7) is -0.838. The molecule has 1 saturated heterocycles. The molecule has 23 heavy (non-hydrogen) atoms. The summed E-state index contributed by atoms with van der Waals surface area (Å²) in [5, 5.41) is 30.5. The van der Waals surface area contributed by atoms with Gasteiger partial charge in [0.15, 0.2) is 12.2 Å². The maximum Gasteiger partial charge on any atom is 0.329 e. The van der Waals surface area contributed by atoms with E-state index in [4.69, 9.17) is 25.4 Å². The van der Waals surface area contributed by atoms with Crippen LogP contribution < -0.4 is 11.1 Å². The smallest absolute Gasteiger partial charge is 0.329 e. The van der Waals surface area contributed by atoms with Crippen molar-refractivity contribution in [2.24, 2.45) is 10.7 Å². The highest BCUT2D eigenvalue weighted by Crippen LogP contribution is 2.36. The summed E-state index contributed by atoms with van der Waals surface area (Å²) in [5.41, 5.74) is 6.06. The van der Waals surface area contributed by atoms with Crippen molar-refractivity contribution in [2.45, 2.75) is 31.1 Å². The standard InChI is InChI=1S/C12H17N5O6/c13-12-15-10-9(11(16-12)22-3-8(20)21)14-4-17(10)7-1-5(19)6(2-18)23-7/h4-7,11,18-19H,1-3H2,(H,20,21)(H3,13,15,16)/t5-,6+,7+,11?/m0/s1. The van der Waals surface area contributed by atoms with Gasteiger partial charge < -0.3 is 35.8 Å². The number of aliphatic hydroxyl groups is 2. The van der Waals surface area contributed by atoms with Crippen LogP contribution in [0.5, 0.6) is 0 Å². The Balaban J connectivity index is 1.83. The van der Waals surface area contributed by atoms with E-state index in [1.165, 1.54) is 6.33 Å². The SMILES string of the molecule is NC1=NC(OCC(=O)O)c2ncn([C@H]3C[C@H](O)[C@@H](CO)O3)c2N1. The highest BCUT2D eigenvalue weighted by molar-refractivity contribution is 5.93. The van der Waals surface area contributed by atoms with E-state index in [0.717, 1.165) is 0 Å². The number of carboxylic acid groups (broad SMARTS) is 1. The van der Waals surface area contributed by atoms with Crippen molar-refractivity contribution in [1.29, 1.82) is 0 Å². The number of guanidine groups is 1. The van der Waals surface area contributed by atoms with Crippen molar-refractivity contribution >= 4 is 17.7 Å². The molecular weight excluding hydrogens is 310 g/mol. The van der Waals surface area contributed by atoms with Crippen LogP contribution >= 0.6 is 0 Å². The van der Waals surface area contributed by atoms with Gasteiger partial charge in [-0.25, -0.2) is 14.8 Å². The van der Waals surface area contributed by atoms with Crippen molar-refractivity contribution in [3.05, 3.63) is 12.0 Å². The molecule has 0 aliphatic carbocycles. The van der Waals surface area contributed by atoms with Gasteiger partial charge in [-0.05, 0) is 0 Å². The molecule has 0 radical (unpaired) electrons. The Morgan fingerprint density at radius 2 is 2.39 bits per heavy atom. The fourth-order valence-corrected chi connectivity index (χ4v) is 2.56. The molecule has 1 aromatic rings. The van der Waals surface area contributed by atoms with Gasteiger partial charge in [-0.15, -0.1) is 0 Å². The number of aliphatic hydroxyl groups excluding tert-OH is 2. The number of carboxylic acids is 1. The van der Waals surface area contributed by atoms with Crippen molar-refractivity contribution in [2.75, 3.05) is 18.5 Å². The van der Waals surface area contributed by atoms with E-state index >= 15 is 0 Å². The Bertz CT molecular complexity index is 631. The third-order valence-corrected chi connectivity index (χ3v) is 3.62. The number of rotatable bonds is 5. The average molecular weight is 327 g/mol. The van der Waals surface area contributed by atoms with E-state index in [-0.39, 0.29) is 19.0 Å². The molecule has 3 heterocycles. The van der Waals surface area contributed by atoms with E-state index in [1.54, 1.807) is 4.57 Å². The summed E-state index contributed by atoms with van der Waals surface area (Å²) < 4.78 is 12.3. The molecule has 126 valence electrons. The Labute approximate surface area is 130 Å². The van der Waals surface area contributed by atoms with E-state index in [0.29, 0.717) is 11.5 Å². The normalized spacial score (nSPS) is 29.7. The lowest BCUT2D eigenvalue weighted by atomic mass is 10.2. The molecule has 11 nitrogen and oxygen atoms in total. The number of nitrogens with one attached hydrogen (secondary N) is 1. The van der Waals surface area contributed by atoms with Crippen molar-refractivity contribution in [3.63, 3.8) is 0 Å². The van der Waals surface area contributed by atoms with Crippen molar-refractivity contribution < 1.29 is 29.6 Å².